The Hall–Kier alpha value is -3.02. The molecule has 3 aromatic rings. The number of nitrogen functional groups attached to an aromatic ring is 1. The normalized spacial score (nSPS) is 15.3. The standard InChI is InChI=1S/C20H22N4O2/c1-13-6-7-15(21)12-17(13)22-19(25)14-8-10-24(11-9-14)20-23-16-4-2-3-5-18(16)26-20/h2-7,12,14H,8-11,21H2,1H3,(H,22,25). The van der Waals surface area contributed by atoms with Crippen molar-refractivity contribution in [1.82, 2.24) is 4.98 Å². The summed E-state index contributed by atoms with van der Waals surface area (Å²) in [4.78, 5) is 19.3. The van der Waals surface area contributed by atoms with Crippen LogP contribution in [0.25, 0.3) is 11.1 Å². The van der Waals surface area contributed by atoms with Crippen molar-refractivity contribution in [2.24, 2.45) is 5.92 Å². The number of oxazole rings is 1. The summed E-state index contributed by atoms with van der Waals surface area (Å²) >= 11 is 0. The maximum absolute atomic E-state index is 12.6. The Labute approximate surface area is 152 Å². The van der Waals surface area contributed by atoms with Gasteiger partial charge in [-0.05, 0) is 49.6 Å². The van der Waals surface area contributed by atoms with E-state index in [1.807, 2.05) is 43.3 Å². The molecule has 0 radical (unpaired) electrons. The third-order valence-electron chi connectivity index (χ3n) is 4.94. The molecule has 134 valence electrons. The highest BCUT2D eigenvalue weighted by atomic mass is 16.4. The van der Waals surface area contributed by atoms with Gasteiger partial charge in [-0.15, -0.1) is 0 Å². The summed E-state index contributed by atoms with van der Waals surface area (Å²) in [5.74, 6) is 0.0346. The minimum atomic E-state index is -0.0172. The molecule has 6 heteroatoms. The number of nitrogens with two attached hydrogens (primary N) is 1. The molecule has 1 aliphatic rings. The third-order valence-corrected chi connectivity index (χ3v) is 4.94. The molecule has 26 heavy (non-hydrogen) atoms. The molecule has 0 unspecified atom stereocenters. The van der Waals surface area contributed by atoms with E-state index in [9.17, 15) is 4.79 Å². The number of hydrogen-bond donors (Lipinski definition) is 2. The molecule has 1 fully saturated rings. The van der Waals surface area contributed by atoms with Crippen LogP contribution in [0.5, 0.6) is 0 Å². The first kappa shape index (κ1) is 16.4. The number of aromatic nitrogens is 1. The second-order valence-corrected chi connectivity index (χ2v) is 6.79. The summed E-state index contributed by atoms with van der Waals surface area (Å²) in [6.45, 7) is 3.46. The Bertz CT molecular complexity index is 909. The number of hydrogen-bond acceptors (Lipinski definition) is 5. The van der Waals surface area contributed by atoms with E-state index in [1.165, 1.54) is 0 Å². The molecule has 0 bridgehead atoms. The Kier molecular flexibility index (Phi) is 4.24. The average molecular weight is 350 g/mol. The molecule has 2 aromatic carbocycles. The summed E-state index contributed by atoms with van der Waals surface area (Å²) in [5, 5.41) is 3.02. The number of amides is 1. The molecule has 0 saturated carbocycles. The molecular weight excluding hydrogens is 328 g/mol. The number of benzene rings is 2. The summed E-state index contributed by atoms with van der Waals surface area (Å²) in [5.41, 5.74) is 9.92. The van der Waals surface area contributed by atoms with Crippen LogP contribution in [0.3, 0.4) is 0 Å². The zero-order chi connectivity index (χ0) is 18.1. The number of carbonyl (C=O) groups is 1. The molecular formula is C20H22N4O2. The Morgan fingerprint density at radius 2 is 2.00 bits per heavy atom. The lowest BCUT2D eigenvalue weighted by molar-refractivity contribution is -0.120. The first-order valence-corrected chi connectivity index (χ1v) is 8.87. The molecule has 2 heterocycles. The van der Waals surface area contributed by atoms with Crippen LogP contribution in [0.4, 0.5) is 17.4 Å². The lowest BCUT2D eigenvalue weighted by Crippen LogP contribution is -2.38. The molecule has 0 aliphatic carbocycles. The predicted molar refractivity (Wildman–Crippen MR) is 103 cm³/mol. The van der Waals surface area contributed by atoms with Crippen LogP contribution >= 0.6 is 0 Å². The molecule has 6 nitrogen and oxygen atoms in total. The van der Waals surface area contributed by atoms with E-state index in [2.05, 4.69) is 15.2 Å². The quantitative estimate of drug-likeness (QED) is 0.706. The van der Waals surface area contributed by atoms with E-state index < -0.39 is 0 Å². The summed E-state index contributed by atoms with van der Waals surface area (Å²) in [6.07, 6.45) is 1.54. The smallest absolute Gasteiger partial charge is 0.298 e. The number of para-hydroxylation sites is 2. The third kappa shape index (κ3) is 3.22. The second kappa shape index (κ2) is 6.71. The van der Waals surface area contributed by atoms with Crippen molar-refractivity contribution in [2.45, 2.75) is 19.8 Å². The summed E-state index contributed by atoms with van der Waals surface area (Å²) in [7, 11) is 0. The zero-order valence-electron chi connectivity index (χ0n) is 14.7. The highest BCUT2D eigenvalue weighted by Crippen LogP contribution is 2.27. The van der Waals surface area contributed by atoms with Gasteiger partial charge in [0.05, 0.1) is 0 Å². The first-order valence-electron chi connectivity index (χ1n) is 8.87. The fourth-order valence-corrected chi connectivity index (χ4v) is 3.34. The number of piperidine rings is 1. The van der Waals surface area contributed by atoms with Crippen molar-refractivity contribution in [3.05, 3.63) is 48.0 Å². The minimum absolute atomic E-state index is 0.0172. The van der Waals surface area contributed by atoms with Gasteiger partial charge in [0.2, 0.25) is 5.91 Å². The van der Waals surface area contributed by atoms with E-state index in [0.29, 0.717) is 11.7 Å². The topological polar surface area (TPSA) is 84.4 Å². The van der Waals surface area contributed by atoms with Crippen molar-refractivity contribution < 1.29 is 9.21 Å². The van der Waals surface area contributed by atoms with Gasteiger partial charge in [0.1, 0.15) is 5.52 Å². The molecule has 1 aromatic heterocycles. The molecule has 1 saturated heterocycles. The molecule has 1 amide bonds. The minimum Gasteiger partial charge on any atom is -0.423 e. The van der Waals surface area contributed by atoms with Gasteiger partial charge in [0.25, 0.3) is 6.01 Å². The Balaban J connectivity index is 1.39. The zero-order valence-corrected chi connectivity index (χ0v) is 14.7. The number of carbonyl (C=O) groups excluding carboxylic acids is 1. The van der Waals surface area contributed by atoms with Gasteiger partial charge in [-0.25, -0.2) is 0 Å². The average Bonchev–Trinajstić information content (AvgIpc) is 3.09. The van der Waals surface area contributed by atoms with Gasteiger partial charge in [-0.3, -0.25) is 4.79 Å². The number of rotatable bonds is 3. The van der Waals surface area contributed by atoms with Gasteiger partial charge in [0.15, 0.2) is 5.58 Å². The van der Waals surface area contributed by atoms with Gasteiger partial charge in [-0.1, -0.05) is 18.2 Å². The largest absolute Gasteiger partial charge is 0.423 e. The second-order valence-electron chi connectivity index (χ2n) is 6.79. The number of nitrogens with zero attached hydrogens (tertiary/aromatic N) is 2. The highest BCUT2D eigenvalue weighted by Gasteiger charge is 2.27. The molecule has 0 atom stereocenters. The highest BCUT2D eigenvalue weighted by molar-refractivity contribution is 5.93. The first-order chi connectivity index (χ1) is 12.6. The van der Waals surface area contributed by atoms with Crippen LogP contribution in [0.2, 0.25) is 0 Å². The molecule has 3 N–H and O–H groups in total. The number of anilines is 3. The van der Waals surface area contributed by atoms with Gasteiger partial charge < -0.3 is 20.4 Å². The number of aryl methyl sites for hydroxylation is 1. The van der Waals surface area contributed by atoms with E-state index in [0.717, 1.165) is 48.3 Å². The SMILES string of the molecule is Cc1ccc(N)cc1NC(=O)C1CCN(c2nc3ccccc3o2)CC1. The van der Waals surface area contributed by atoms with Crippen molar-refractivity contribution in [3.63, 3.8) is 0 Å². The maximum Gasteiger partial charge on any atom is 0.298 e. The lowest BCUT2D eigenvalue weighted by atomic mass is 9.96. The number of fused-ring (bicyclic) bond motifs is 1. The van der Waals surface area contributed by atoms with Gasteiger partial charge >= 0.3 is 0 Å². The summed E-state index contributed by atoms with van der Waals surface area (Å²) < 4.78 is 5.83. The van der Waals surface area contributed by atoms with E-state index in [1.54, 1.807) is 6.07 Å². The van der Waals surface area contributed by atoms with Crippen LogP contribution < -0.4 is 16.0 Å². The van der Waals surface area contributed by atoms with E-state index >= 15 is 0 Å². The van der Waals surface area contributed by atoms with Crippen LogP contribution in [0.15, 0.2) is 46.9 Å². The fourth-order valence-electron chi connectivity index (χ4n) is 3.34. The van der Waals surface area contributed by atoms with Gasteiger partial charge in [-0.2, -0.15) is 4.98 Å². The molecule has 4 rings (SSSR count). The Morgan fingerprint density at radius 3 is 2.77 bits per heavy atom. The Morgan fingerprint density at radius 1 is 1.23 bits per heavy atom. The maximum atomic E-state index is 12.6. The van der Waals surface area contributed by atoms with E-state index in [-0.39, 0.29) is 11.8 Å². The fraction of sp³-hybridized carbons (Fsp3) is 0.300. The van der Waals surface area contributed by atoms with E-state index in [4.69, 9.17) is 10.2 Å². The van der Waals surface area contributed by atoms with Crippen LogP contribution in [-0.4, -0.2) is 24.0 Å². The predicted octanol–water partition coefficient (Wildman–Crippen LogP) is 3.57. The molecule has 1 aliphatic heterocycles. The van der Waals surface area contributed by atoms with Crippen molar-refractivity contribution in [3.8, 4) is 0 Å². The monoisotopic (exact) mass is 350 g/mol. The molecule has 0 spiro atoms. The van der Waals surface area contributed by atoms with Crippen molar-refractivity contribution in [2.75, 3.05) is 29.0 Å². The number of nitrogens with one attached hydrogen (secondary N) is 1. The van der Waals surface area contributed by atoms with Crippen molar-refractivity contribution in [1.29, 1.82) is 0 Å². The van der Waals surface area contributed by atoms with Gasteiger partial charge in [0, 0.05) is 30.4 Å². The van der Waals surface area contributed by atoms with Crippen LogP contribution in [0, 0.1) is 12.8 Å². The van der Waals surface area contributed by atoms with Crippen LogP contribution in [-0.2, 0) is 4.79 Å². The summed E-state index contributed by atoms with van der Waals surface area (Å²) in [6, 6.07) is 13.9. The lowest BCUT2D eigenvalue weighted by Gasteiger charge is -2.30. The van der Waals surface area contributed by atoms with Crippen molar-refractivity contribution >= 4 is 34.4 Å². The van der Waals surface area contributed by atoms with Crippen LogP contribution in [0.1, 0.15) is 18.4 Å².